The minimum Gasteiger partial charge on any atom is -0.387 e. The third-order valence-electron chi connectivity index (χ3n) is 3.39. The van der Waals surface area contributed by atoms with E-state index in [-0.39, 0.29) is 0 Å². The average molecular weight is 242 g/mol. The van der Waals surface area contributed by atoms with Gasteiger partial charge in [-0.15, -0.1) is 0 Å². The molecule has 2 nitrogen and oxygen atoms in total. The molecule has 1 aromatic rings. The van der Waals surface area contributed by atoms with Gasteiger partial charge >= 0.3 is 0 Å². The third kappa shape index (κ3) is 2.95. The van der Waals surface area contributed by atoms with Gasteiger partial charge in [0.15, 0.2) is 0 Å². The van der Waals surface area contributed by atoms with Gasteiger partial charge in [0.1, 0.15) is 0 Å². The maximum Gasteiger partial charge on any atom is 0.0529 e. The Morgan fingerprint density at radius 1 is 1.39 bits per heavy atom. The van der Waals surface area contributed by atoms with Crippen LogP contribution in [0.5, 0.6) is 0 Å². The summed E-state index contributed by atoms with van der Waals surface area (Å²) in [6.45, 7) is 4.86. The predicted molar refractivity (Wildman–Crippen MR) is 76.9 cm³/mol. The first kappa shape index (κ1) is 12.7. The summed E-state index contributed by atoms with van der Waals surface area (Å²) in [5.74, 6) is 0.708. The molecule has 1 aromatic carbocycles. The van der Waals surface area contributed by atoms with E-state index in [1.54, 1.807) is 0 Å². The monoisotopic (exact) mass is 242 g/mol. The lowest BCUT2D eigenvalue weighted by Crippen LogP contribution is -2.23. The van der Waals surface area contributed by atoms with Gasteiger partial charge in [-0.05, 0) is 24.5 Å². The number of likely N-dealkylation sites (N-methyl/N-ethyl adjacent to an activating group) is 1. The van der Waals surface area contributed by atoms with Crippen molar-refractivity contribution in [2.75, 3.05) is 14.1 Å². The maximum absolute atomic E-state index is 3.91. The van der Waals surface area contributed by atoms with E-state index in [0.717, 1.165) is 12.2 Å². The van der Waals surface area contributed by atoms with Crippen LogP contribution in [0.4, 0.5) is 0 Å². The first-order chi connectivity index (χ1) is 8.76. The Kier molecular flexibility index (Phi) is 4.08. The van der Waals surface area contributed by atoms with Crippen molar-refractivity contribution in [3.05, 3.63) is 59.9 Å². The Hall–Kier alpha value is -1.70. The number of rotatable bonds is 6. The molecule has 0 amide bonds. The van der Waals surface area contributed by atoms with Gasteiger partial charge in [-0.1, -0.05) is 36.9 Å². The first-order valence-corrected chi connectivity index (χ1v) is 6.55. The smallest absolute Gasteiger partial charge is 0.0529 e. The number of benzene rings is 1. The molecular formula is C16H22N2. The van der Waals surface area contributed by atoms with Crippen molar-refractivity contribution < 1.29 is 0 Å². The molecule has 1 N–H and O–H groups in total. The van der Waals surface area contributed by atoms with Crippen LogP contribution < -0.4 is 5.32 Å². The van der Waals surface area contributed by atoms with Crippen molar-refractivity contribution >= 4 is 0 Å². The van der Waals surface area contributed by atoms with Crippen molar-refractivity contribution in [3.8, 4) is 0 Å². The third-order valence-corrected chi connectivity index (χ3v) is 3.39. The molecule has 0 aliphatic heterocycles. The van der Waals surface area contributed by atoms with E-state index < -0.39 is 0 Å². The quantitative estimate of drug-likeness (QED) is 0.771. The minimum absolute atomic E-state index is 0.708. The highest BCUT2D eigenvalue weighted by atomic mass is 15.1. The van der Waals surface area contributed by atoms with Crippen LogP contribution in [0.2, 0.25) is 0 Å². The van der Waals surface area contributed by atoms with Crippen molar-refractivity contribution in [1.29, 1.82) is 0 Å². The summed E-state index contributed by atoms with van der Waals surface area (Å²) in [6, 6.07) is 10.6. The molecule has 0 unspecified atom stereocenters. The van der Waals surface area contributed by atoms with Gasteiger partial charge in [-0.2, -0.15) is 0 Å². The molecule has 96 valence electrons. The van der Waals surface area contributed by atoms with Crippen LogP contribution in [-0.4, -0.2) is 19.0 Å². The molecular weight excluding hydrogens is 220 g/mol. The summed E-state index contributed by atoms with van der Waals surface area (Å²) in [5, 5.41) is 3.26. The standard InChI is InChI=1S/C16H22N2/c1-4-15(17-2)16(14-10-11-14)18(3)12-13-8-6-5-7-9-13/h4-9,14,17H,1,10-12H2,2-3H3/b16-15-. The van der Waals surface area contributed by atoms with Gasteiger partial charge < -0.3 is 10.2 Å². The predicted octanol–water partition coefficient (Wildman–Crippen LogP) is 3.15. The van der Waals surface area contributed by atoms with Crippen LogP contribution in [0.15, 0.2) is 54.4 Å². The normalized spacial score (nSPS) is 15.9. The summed E-state index contributed by atoms with van der Waals surface area (Å²) in [6.07, 6.45) is 4.52. The Morgan fingerprint density at radius 2 is 2.06 bits per heavy atom. The molecule has 0 bridgehead atoms. The van der Waals surface area contributed by atoms with E-state index in [2.05, 4.69) is 54.2 Å². The second kappa shape index (κ2) is 5.76. The molecule has 0 spiro atoms. The highest BCUT2D eigenvalue weighted by Gasteiger charge is 2.30. The van der Waals surface area contributed by atoms with E-state index in [4.69, 9.17) is 0 Å². The highest BCUT2D eigenvalue weighted by molar-refractivity contribution is 5.27. The molecule has 1 aliphatic rings. The summed E-state index contributed by atoms with van der Waals surface area (Å²) in [5.41, 5.74) is 3.91. The number of nitrogens with one attached hydrogen (secondary N) is 1. The van der Waals surface area contributed by atoms with Crippen molar-refractivity contribution in [3.63, 3.8) is 0 Å². The Balaban J connectivity index is 2.16. The van der Waals surface area contributed by atoms with Crippen LogP contribution in [-0.2, 0) is 6.54 Å². The first-order valence-electron chi connectivity index (χ1n) is 6.55. The summed E-state index contributed by atoms with van der Waals surface area (Å²) in [4.78, 5) is 2.35. The zero-order valence-electron chi connectivity index (χ0n) is 11.3. The van der Waals surface area contributed by atoms with Crippen molar-refractivity contribution in [2.24, 2.45) is 5.92 Å². The molecule has 1 aliphatic carbocycles. The van der Waals surface area contributed by atoms with Gasteiger partial charge in [0.2, 0.25) is 0 Å². The molecule has 1 fully saturated rings. The lowest BCUT2D eigenvalue weighted by atomic mass is 10.1. The fourth-order valence-corrected chi connectivity index (χ4v) is 2.37. The topological polar surface area (TPSA) is 15.3 Å². The molecule has 18 heavy (non-hydrogen) atoms. The second-order valence-corrected chi connectivity index (χ2v) is 4.87. The number of hydrogen-bond acceptors (Lipinski definition) is 2. The highest BCUT2D eigenvalue weighted by Crippen LogP contribution is 2.39. The van der Waals surface area contributed by atoms with E-state index in [1.807, 2.05) is 13.1 Å². The molecule has 2 heteroatoms. The van der Waals surface area contributed by atoms with Crippen LogP contribution in [0.25, 0.3) is 0 Å². The lowest BCUT2D eigenvalue weighted by molar-refractivity contribution is 0.382. The Bertz CT molecular complexity index is 430. The van der Waals surface area contributed by atoms with E-state index >= 15 is 0 Å². The van der Waals surface area contributed by atoms with Gasteiger partial charge in [0.25, 0.3) is 0 Å². The van der Waals surface area contributed by atoms with Crippen LogP contribution in [0, 0.1) is 5.92 Å². The SMILES string of the molecule is C=C/C(NC)=C(\C1CC1)N(C)Cc1ccccc1. The number of nitrogens with zero attached hydrogens (tertiary/aromatic N) is 1. The number of allylic oxidation sites excluding steroid dienone is 2. The lowest BCUT2D eigenvalue weighted by Gasteiger charge is -2.25. The van der Waals surface area contributed by atoms with Gasteiger partial charge in [0.05, 0.1) is 5.70 Å². The minimum atomic E-state index is 0.708. The molecule has 1 saturated carbocycles. The van der Waals surface area contributed by atoms with Gasteiger partial charge in [-0.3, -0.25) is 0 Å². The average Bonchev–Trinajstić information content (AvgIpc) is 3.21. The molecule has 0 aromatic heterocycles. The van der Waals surface area contributed by atoms with Crippen LogP contribution in [0.1, 0.15) is 18.4 Å². The Morgan fingerprint density at radius 3 is 2.56 bits per heavy atom. The Labute approximate surface area is 110 Å². The maximum atomic E-state index is 3.91. The molecule has 0 heterocycles. The largest absolute Gasteiger partial charge is 0.387 e. The molecule has 0 saturated heterocycles. The van der Waals surface area contributed by atoms with E-state index in [1.165, 1.54) is 24.1 Å². The molecule has 2 rings (SSSR count). The van der Waals surface area contributed by atoms with E-state index in [0.29, 0.717) is 5.92 Å². The van der Waals surface area contributed by atoms with Crippen LogP contribution >= 0.6 is 0 Å². The van der Waals surface area contributed by atoms with Gasteiger partial charge in [0, 0.05) is 32.3 Å². The van der Waals surface area contributed by atoms with Crippen molar-refractivity contribution in [2.45, 2.75) is 19.4 Å². The second-order valence-electron chi connectivity index (χ2n) is 4.87. The summed E-state index contributed by atoms with van der Waals surface area (Å²) >= 11 is 0. The summed E-state index contributed by atoms with van der Waals surface area (Å²) in [7, 11) is 4.14. The zero-order valence-corrected chi connectivity index (χ0v) is 11.3. The molecule has 0 atom stereocenters. The van der Waals surface area contributed by atoms with Crippen LogP contribution in [0.3, 0.4) is 0 Å². The fourth-order valence-electron chi connectivity index (χ4n) is 2.37. The van der Waals surface area contributed by atoms with Crippen molar-refractivity contribution in [1.82, 2.24) is 10.2 Å². The zero-order chi connectivity index (χ0) is 13.0. The summed E-state index contributed by atoms with van der Waals surface area (Å²) < 4.78 is 0. The molecule has 0 radical (unpaired) electrons. The number of hydrogen-bond donors (Lipinski definition) is 1. The fraction of sp³-hybridized carbons (Fsp3) is 0.375. The van der Waals surface area contributed by atoms with E-state index in [9.17, 15) is 0 Å². The van der Waals surface area contributed by atoms with Gasteiger partial charge in [-0.25, -0.2) is 0 Å².